The SMILES string of the molecule is COC(C)(C)CC(C)NC(C)CCO. The van der Waals surface area contributed by atoms with E-state index in [1.165, 1.54) is 0 Å². The number of nitrogens with one attached hydrogen (secondary N) is 1. The Hall–Kier alpha value is -0.120. The molecule has 86 valence electrons. The summed E-state index contributed by atoms with van der Waals surface area (Å²) in [7, 11) is 1.74. The van der Waals surface area contributed by atoms with Gasteiger partial charge in [-0.05, 0) is 40.5 Å². The number of methoxy groups -OCH3 is 1. The highest BCUT2D eigenvalue weighted by atomic mass is 16.5. The second-order valence-electron chi connectivity index (χ2n) is 4.65. The van der Waals surface area contributed by atoms with Gasteiger partial charge in [0.25, 0.3) is 0 Å². The number of aliphatic hydroxyl groups excluding tert-OH is 1. The van der Waals surface area contributed by atoms with E-state index in [1.807, 2.05) is 0 Å². The molecule has 0 rings (SSSR count). The number of ether oxygens (including phenoxy) is 1. The van der Waals surface area contributed by atoms with E-state index in [2.05, 4.69) is 33.0 Å². The Labute approximate surface area is 87.8 Å². The van der Waals surface area contributed by atoms with Gasteiger partial charge in [-0.2, -0.15) is 0 Å². The van der Waals surface area contributed by atoms with Crippen molar-refractivity contribution in [2.24, 2.45) is 0 Å². The van der Waals surface area contributed by atoms with E-state index in [4.69, 9.17) is 9.84 Å². The summed E-state index contributed by atoms with van der Waals surface area (Å²) in [4.78, 5) is 0. The number of rotatable bonds is 7. The zero-order valence-electron chi connectivity index (χ0n) is 10.1. The Morgan fingerprint density at radius 2 is 1.86 bits per heavy atom. The summed E-state index contributed by atoms with van der Waals surface area (Å²) in [6, 6.07) is 0.772. The van der Waals surface area contributed by atoms with Crippen molar-refractivity contribution in [2.75, 3.05) is 13.7 Å². The maximum absolute atomic E-state index is 8.76. The molecule has 0 aliphatic heterocycles. The van der Waals surface area contributed by atoms with E-state index in [0.717, 1.165) is 12.8 Å². The van der Waals surface area contributed by atoms with Crippen LogP contribution in [0.1, 0.15) is 40.5 Å². The molecule has 0 amide bonds. The fraction of sp³-hybridized carbons (Fsp3) is 1.00. The van der Waals surface area contributed by atoms with E-state index in [0.29, 0.717) is 12.1 Å². The van der Waals surface area contributed by atoms with Crippen LogP contribution in [0, 0.1) is 0 Å². The molecule has 0 saturated heterocycles. The maximum atomic E-state index is 8.76. The Kier molecular flexibility index (Phi) is 6.33. The minimum Gasteiger partial charge on any atom is -0.396 e. The van der Waals surface area contributed by atoms with Crippen molar-refractivity contribution < 1.29 is 9.84 Å². The Balaban J connectivity index is 3.79. The molecule has 0 bridgehead atoms. The molecule has 0 aromatic carbocycles. The third kappa shape index (κ3) is 6.35. The van der Waals surface area contributed by atoms with Gasteiger partial charge in [-0.15, -0.1) is 0 Å². The molecule has 14 heavy (non-hydrogen) atoms. The second kappa shape index (κ2) is 6.38. The van der Waals surface area contributed by atoms with Crippen LogP contribution in [0.4, 0.5) is 0 Å². The normalized spacial score (nSPS) is 16.7. The summed E-state index contributed by atoms with van der Waals surface area (Å²) in [5, 5.41) is 12.2. The first kappa shape index (κ1) is 13.9. The summed E-state index contributed by atoms with van der Waals surface area (Å²) in [6.45, 7) is 8.65. The molecular formula is C11H25NO2. The first-order valence-electron chi connectivity index (χ1n) is 5.33. The van der Waals surface area contributed by atoms with Crippen LogP contribution in [-0.4, -0.2) is 36.5 Å². The topological polar surface area (TPSA) is 41.5 Å². The molecular weight excluding hydrogens is 178 g/mol. The van der Waals surface area contributed by atoms with Crippen molar-refractivity contribution in [1.29, 1.82) is 0 Å². The molecule has 0 saturated carbocycles. The molecule has 0 aliphatic rings. The van der Waals surface area contributed by atoms with E-state index in [9.17, 15) is 0 Å². The lowest BCUT2D eigenvalue weighted by molar-refractivity contribution is 0.00766. The van der Waals surface area contributed by atoms with Gasteiger partial charge in [-0.3, -0.25) is 0 Å². The van der Waals surface area contributed by atoms with Crippen LogP contribution in [0.2, 0.25) is 0 Å². The average molecular weight is 203 g/mol. The van der Waals surface area contributed by atoms with Crippen LogP contribution < -0.4 is 5.32 Å². The van der Waals surface area contributed by atoms with Crippen molar-refractivity contribution in [3.63, 3.8) is 0 Å². The summed E-state index contributed by atoms with van der Waals surface area (Å²) >= 11 is 0. The van der Waals surface area contributed by atoms with Crippen molar-refractivity contribution in [3.05, 3.63) is 0 Å². The minimum absolute atomic E-state index is 0.0780. The second-order valence-corrected chi connectivity index (χ2v) is 4.65. The van der Waals surface area contributed by atoms with Gasteiger partial charge < -0.3 is 15.2 Å². The summed E-state index contributed by atoms with van der Waals surface area (Å²) in [5.41, 5.74) is -0.0780. The molecule has 0 heterocycles. The predicted molar refractivity (Wildman–Crippen MR) is 59.5 cm³/mol. The highest BCUT2D eigenvalue weighted by Crippen LogP contribution is 2.15. The van der Waals surface area contributed by atoms with Crippen molar-refractivity contribution in [1.82, 2.24) is 5.32 Å². The van der Waals surface area contributed by atoms with Gasteiger partial charge in [0.1, 0.15) is 0 Å². The van der Waals surface area contributed by atoms with E-state index in [-0.39, 0.29) is 12.2 Å². The first-order chi connectivity index (χ1) is 6.41. The largest absolute Gasteiger partial charge is 0.396 e. The summed E-state index contributed by atoms with van der Waals surface area (Å²) < 4.78 is 5.36. The fourth-order valence-electron chi connectivity index (χ4n) is 1.64. The molecule has 2 atom stereocenters. The van der Waals surface area contributed by atoms with Gasteiger partial charge >= 0.3 is 0 Å². The van der Waals surface area contributed by atoms with Gasteiger partial charge in [-0.25, -0.2) is 0 Å². The molecule has 0 aromatic rings. The van der Waals surface area contributed by atoms with Gasteiger partial charge in [0, 0.05) is 25.8 Å². The molecule has 3 nitrogen and oxygen atoms in total. The third-order valence-electron chi connectivity index (χ3n) is 2.48. The van der Waals surface area contributed by atoms with E-state index < -0.39 is 0 Å². The lowest BCUT2D eigenvalue weighted by Crippen LogP contribution is -2.40. The van der Waals surface area contributed by atoms with Crippen LogP contribution in [0.3, 0.4) is 0 Å². The van der Waals surface area contributed by atoms with E-state index >= 15 is 0 Å². The Morgan fingerprint density at radius 3 is 2.29 bits per heavy atom. The molecule has 2 N–H and O–H groups in total. The lowest BCUT2D eigenvalue weighted by Gasteiger charge is -2.28. The van der Waals surface area contributed by atoms with Crippen LogP contribution in [-0.2, 0) is 4.74 Å². The summed E-state index contributed by atoms with van der Waals surface area (Å²) in [5.74, 6) is 0. The Bertz CT molecular complexity index is 148. The average Bonchev–Trinajstić information content (AvgIpc) is 2.03. The standard InChI is InChI=1S/C11H25NO2/c1-9(6-7-13)12-10(2)8-11(3,4)14-5/h9-10,12-13H,6-8H2,1-5H3. The van der Waals surface area contributed by atoms with Crippen molar-refractivity contribution >= 4 is 0 Å². The summed E-state index contributed by atoms with van der Waals surface area (Å²) in [6.07, 6.45) is 1.77. The molecule has 0 radical (unpaired) electrons. The number of aliphatic hydroxyl groups is 1. The van der Waals surface area contributed by atoms with Crippen LogP contribution in [0.15, 0.2) is 0 Å². The first-order valence-corrected chi connectivity index (χ1v) is 5.33. The van der Waals surface area contributed by atoms with Crippen LogP contribution in [0.25, 0.3) is 0 Å². The molecule has 2 unspecified atom stereocenters. The van der Waals surface area contributed by atoms with Gasteiger partial charge in [0.2, 0.25) is 0 Å². The van der Waals surface area contributed by atoms with Gasteiger partial charge in [-0.1, -0.05) is 0 Å². The zero-order valence-corrected chi connectivity index (χ0v) is 10.1. The minimum atomic E-state index is -0.0780. The highest BCUT2D eigenvalue weighted by Gasteiger charge is 2.20. The van der Waals surface area contributed by atoms with Gasteiger partial charge in [0.05, 0.1) is 5.60 Å². The third-order valence-corrected chi connectivity index (χ3v) is 2.48. The smallest absolute Gasteiger partial charge is 0.0637 e. The van der Waals surface area contributed by atoms with Gasteiger partial charge in [0.15, 0.2) is 0 Å². The highest BCUT2D eigenvalue weighted by molar-refractivity contribution is 4.77. The quantitative estimate of drug-likeness (QED) is 0.659. The predicted octanol–water partition coefficient (Wildman–Crippen LogP) is 1.55. The lowest BCUT2D eigenvalue weighted by atomic mass is 9.99. The molecule has 3 heteroatoms. The van der Waals surface area contributed by atoms with Crippen molar-refractivity contribution in [2.45, 2.75) is 58.2 Å². The number of hydrogen-bond donors (Lipinski definition) is 2. The van der Waals surface area contributed by atoms with E-state index in [1.54, 1.807) is 7.11 Å². The molecule has 0 aliphatic carbocycles. The number of hydrogen-bond acceptors (Lipinski definition) is 3. The molecule has 0 fully saturated rings. The maximum Gasteiger partial charge on any atom is 0.0637 e. The zero-order chi connectivity index (χ0) is 11.2. The Morgan fingerprint density at radius 1 is 1.29 bits per heavy atom. The molecule has 0 spiro atoms. The monoisotopic (exact) mass is 203 g/mol. The fourth-order valence-corrected chi connectivity index (χ4v) is 1.64. The van der Waals surface area contributed by atoms with Crippen LogP contribution in [0.5, 0.6) is 0 Å². The molecule has 0 aromatic heterocycles. The van der Waals surface area contributed by atoms with Crippen molar-refractivity contribution in [3.8, 4) is 0 Å². The van der Waals surface area contributed by atoms with Crippen LogP contribution >= 0.6 is 0 Å².